The molecule has 0 spiro atoms. The molecule has 0 unspecified atom stereocenters. The van der Waals surface area contributed by atoms with Crippen molar-refractivity contribution in [2.45, 2.75) is 46.7 Å². The van der Waals surface area contributed by atoms with E-state index in [-0.39, 0.29) is 18.4 Å². The van der Waals surface area contributed by atoms with Crippen molar-refractivity contribution in [2.75, 3.05) is 13.2 Å². The molecule has 5 nitrogen and oxygen atoms in total. The number of amides is 2. The highest BCUT2D eigenvalue weighted by atomic mass is 16.5. The van der Waals surface area contributed by atoms with Crippen molar-refractivity contribution in [1.29, 1.82) is 0 Å². The summed E-state index contributed by atoms with van der Waals surface area (Å²) < 4.78 is 5.66. The first-order valence-electron chi connectivity index (χ1n) is 10.2. The number of hydrogen-bond donors (Lipinski definition) is 1. The summed E-state index contributed by atoms with van der Waals surface area (Å²) in [6, 6.07) is 16.7. The van der Waals surface area contributed by atoms with Gasteiger partial charge in [0.2, 0.25) is 5.91 Å². The Morgan fingerprint density at radius 2 is 1.79 bits per heavy atom. The molecule has 0 saturated heterocycles. The summed E-state index contributed by atoms with van der Waals surface area (Å²) in [5.74, 6) is 0.649. The molecule has 1 atom stereocenters. The van der Waals surface area contributed by atoms with Gasteiger partial charge in [-0.2, -0.15) is 0 Å². The number of para-hydroxylation sites is 1. The number of aryl methyl sites for hydroxylation is 1. The minimum absolute atomic E-state index is 0.107. The van der Waals surface area contributed by atoms with Crippen LogP contribution in [-0.4, -0.2) is 35.9 Å². The van der Waals surface area contributed by atoms with E-state index >= 15 is 0 Å². The molecule has 0 fully saturated rings. The van der Waals surface area contributed by atoms with Crippen LogP contribution in [0.3, 0.4) is 0 Å². The van der Waals surface area contributed by atoms with Gasteiger partial charge < -0.3 is 15.0 Å². The van der Waals surface area contributed by atoms with E-state index in [9.17, 15) is 9.59 Å². The fourth-order valence-corrected chi connectivity index (χ4v) is 3.09. The summed E-state index contributed by atoms with van der Waals surface area (Å²) in [6.45, 7) is 8.88. The van der Waals surface area contributed by atoms with Crippen LogP contribution in [0.1, 0.15) is 38.3 Å². The molecule has 0 aliphatic rings. The van der Waals surface area contributed by atoms with Gasteiger partial charge >= 0.3 is 0 Å². The molecule has 2 amide bonds. The Balaban J connectivity index is 2.18. The maximum absolute atomic E-state index is 13.1. The largest absolute Gasteiger partial charge is 0.484 e. The van der Waals surface area contributed by atoms with Crippen molar-refractivity contribution in [2.24, 2.45) is 5.92 Å². The predicted molar refractivity (Wildman–Crippen MR) is 116 cm³/mol. The molecule has 0 aliphatic heterocycles. The van der Waals surface area contributed by atoms with Gasteiger partial charge in [-0.1, -0.05) is 68.8 Å². The highest BCUT2D eigenvalue weighted by Gasteiger charge is 2.29. The van der Waals surface area contributed by atoms with Crippen LogP contribution in [0.25, 0.3) is 0 Å². The third-order valence-corrected chi connectivity index (χ3v) is 4.61. The average molecular weight is 397 g/mol. The Hall–Kier alpha value is -2.82. The summed E-state index contributed by atoms with van der Waals surface area (Å²) >= 11 is 0. The maximum atomic E-state index is 13.1. The molecule has 0 heterocycles. The minimum Gasteiger partial charge on any atom is -0.484 e. The zero-order valence-corrected chi connectivity index (χ0v) is 17.9. The first-order chi connectivity index (χ1) is 13.9. The van der Waals surface area contributed by atoms with Gasteiger partial charge in [-0.3, -0.25) is 9.59 Å². The Bertz CT molecular complexity index is 790. The maximum Gasteiger partial charge on any atom is 0.261 e. The number of carbonyl (C=O) groups excluding carboxylic acids is 2. The monoisotopic (exact) mass is 396 g/mol. The van der Waals surface area contributed by atoms with E-state index in [0.717, 1.165) is 11.1 Å². The van der Waals surface area contributed by atoms with Gasteiger partial charge in [0.15, 0.2) is 6.61 Å². The standard InChI is InChI=1S/C24H32N2O3/c1-5-22(24(28)25-15-18(2)3)26(16-20-11-9-10-19(4)14-20)23(27)17-29-21-12-7-6-8-13-21/h6-14,18,22H,5,15-17H2,1-4H3,(H,25,28)/t22-/m1/s1. The van der Waals surface area contributed by atoms with Gasteiger partial charge in [0, 0.05) is 13.1 Å². The van der Waals surface area contributed by atoms with Crippen LogP contribution < -0.4 is 10.1 Å². The third-order valence-electron chi connectivity index (χ3n) is 4.61. The smallest absolute Gasteiger partial charge is 0.261 e. The second-order valence-electron chi connectivity index (χ2n) is 7.68. The third kappa shape index (κ3) is 7.26. The van der Waals surface area contributed by atoms with Crippen molar-refractivity contribution < 1.29 is 14.3 Å². The summed E-state index contributed by atoms with van der Waals surface area (Å²) in [5, 5.41) is 2.97. The zero-order chi connectivity index (χ0) is 21.2. The lowest BCUT2D eigenvalue weighted by atomic mass is 10.1. The van der Waals surface area contributed by atoms with Gasteiger partial charge in [0.1, 0.15) is 11.8 Å². The van der Waals surface area contributed by atoms with Crippen LogP contribution in [-0.2, 0) is 16.1 Å². The molecule has 156 valence electrons. The number of nitrogens with zero attached hydrogens (tertiary/aromatic N) is 1. The van der Waals surface area contributed by atoms with E-state index in [1.807, 2.05) is 82.3 Å². The molecular weight excluding hydrogens is 364 g/mol. The van der Waals surface area contributed by atoms with Gasteiger partial charge in [-0.15, -0.1) is 0 Å². The summed E-state index contributed by atoms with van der Waals surface area (Å²) in [6.07, 6.45) is 0.535. The Morgan fingerprint density at radius 3 is 2.41 bits per heavy atom. The van der Waals surface area contributed by atoms with E-state index < -0.39 is 6.04 Å². The highest BCUT2D eigenvalue weighted by Crippen LogP contribution is 2.15. The minimum atomic E-state index is -0.541. The number of ether oxygens (including phenoxy) is 1. The van der Waals surface area contributed by atoms with Crippen LogP contribution >= 0.6 is 0 Å². The van der Waals surface area contributed by atoms with Crippen molar-refractivity contribution in [3.63, 3.8) is 0 Å². The van der Waals surface area contributed by atoms with Gasteiger partial charge in [-0.05, 0) is 37.0 Å². The number of rotatable bonds is 10. The normalized spacial score (nSPS) is 11.8. The molecule has 0 saturated carbocycles. The number of carbonyl (C=O) groups is 2. The average Bonchev–Trinajstić information content (AvgIpc) is 2.71. The molecule has 0 aromatic heterocycles. The van der Waals surface area contributed by atoms with Crippen molar-refractivity contribution in [3.8, 4) is 5.75 Å². The lowest BCUT2D eigenvalue weighted by Crippen LogP contribution is -2.50. The topological polar surface area (TPSA) is 58.6 Å². The summed E-state index contributed by atoms with van der Waals surface area (Å²) in [4.78, 5) is 27.5. The molecular formula is C24H32N2O3. The van der Waals surface area contributed by atoms with Crippen molar-refractivity contribution >= 4 is 11.8 Å². The van der Waals surface area contributed by atoms with Crippen molar-refractivity contribution in [1.82, 2.24) is 10.2 Å². The first kappa shape index (κ1) is 22.5. The summed E-state index contributed by atoms with van der Waals surface area (Å²) in [5.41, 5.74) is 2.11. The second kappa shape index (κ2) is 11.2. The Kier molecular flexibility index (Phi) is 8.71. The van der Waals surface area contributed by atoms with E-state index in [0.29, 0.717) is 31.2 Å². The molecule has 29 heavy (non-hydrogen) atoms. The number of hydrogen-bond acceptors (Lipinski definition) is 3. The van der Waals surface area contributed by atoms with Crippen LogP contribution in [0.15, 0.2) is 54.6 Å². The SMILES string of the molecule is CC[C@H](C(=O)NCC(C)C)N(Cc1cccc(C)c1)C(=O)COc1ccccc1. The quantitative estimate of drug-likeness (QED) is 0.661. The van der Waals surface area contributed by atoms with E-state index in [1.165, 1.54) is 0 Å². The lowest BCUT2D eigenvalue weighted by molar-refractivity contribution is -0.143. The Morgan fingerprint density at radius 1 is 1.07 bits per heavy atom. The van der Waals surface area contributed by atoms with E-state index in [2.05, 4.69) is 5.32 Å². The predicted octanol–water partition coefficient (Wildman–Crippen LogP) is 3.95. The molecule has 5 heteroatoms. The fraction of sp³-hybridized carbons (Fsp3) is 0.417. The first-order valence-corrected chi connectivity index (χ1v) is 10.2. The highest BCUT2D eigenvalue weighted by molar-refractivity contribution is 5.88. The van der Waals surface area contributed by atoms with Crippen LogP contribution in [0.2, 0.25) is 0 Å². The molecule has 0 aliphatic carbocycles. The molecule has 0 bridgehead atoms. The lowest BCUT2D eigenvalue weighted by Gasteiger charge is -2.31. The van der Waals surface area contributed by atoms with E-state index in [1.54, 1.807) is 4.90 Å². The molecule has 2 rings (SSSR count). The van der Waals surface area contributed by atoms with E-state index in [4.69, 9.17) is 4.74 Å². The van der Waals surface area contributed by atoms with Crippen molar-refractivity contribution in [3.05, 3.63) is 65.7 Å². The molecule has 2 aromatic carbocycles. The number of nitrogens with one attached hydrogen (secondary N) is 1. The van der Waals surface area contributed by atoms with Gasteiger partial charge in [-0.25, -0.2) is 0 Å². The van der Waals surface area contributed by atoms with Crippen LogP contribution in [0, 0.1) is 12.8 Å². The van der Waals surface area contributed by atoms with Gasteiger partial charge in [0.25, 0.3) is 5.91 Å². The molecule has 0 radical (unpaired) electrons. The summed E-state index contributed by atoms with van der Waals surface area (Å²) in [7, 11) is 0. The van der Waals surface area contributed by atoms with Crippen LogP contribution in [0.4, 0.5) is 0 Å². The molecule has 2 aromatic rings. The molecule has 1 N–H and O–H groups in total. The van der Waals surface area contributed by atoms with Gasteiger partial charge in [0.05, 0.1) is 0 Å². The second-order valence-corrected chi connectivity index (χ2v) is 7.68. The zero-order valence-electron chi connectivity index (χ0n) is 17.9. The van der Waals surface area contributed by atoms with Crippen LogP contribution in [0.5, 0.6) is 5.75 Å². The fourth-order valence-electron chi connectivity index (χ4n) is 3.09. The Labute approximate surface area is 174 Å². The number of benzene rings is 2.